The Kier molecular flexibility index (Phi) is 6.12. The molecule has 28 heavy (non-hydrogen) atoms. The maximum Gasteiger partial charge on any atom is 0.416 e. The van der Waals surface area contributed by atoms with Crippen LogP contribution < -0.4 is 15.1 Å². The highest BCUT2D eigenvalue weighted by molar-refractivity contribution is 5.79. The lowest BCUT2D eigenvalue weighted by atomic mass is 10.1. The molecular weight excluding hydrogens is 373 g/mol. The molecule has 1 atom stereocenters. The average molecular weight is 399 g/mol. The van der Waals surface area contributed by atoms with Crippen LogP contribution in [0.4, 0.5) is 18.9 Å². The number of alkyl halides is 3. The van der Waals surface area contributed by atoms with Crippen molar-refractivity contribution < 1.29 is 27.7 Å². The fourth-order valence-corrected chi connectivity index (χ4v) is 3.31. The number of carbonyl (C=O) groups excluding carboxylic acids is 2. The number of piperazine rings is 1. The van der Waals surface area contributed by atoms with Gasteiger partial charge in [0.25, 0.3) is 11.8 Å². The zero-order valence-corrected chi connectivity index (χ0v) is 15.9. The molecule has 6 nitrogen and oxygen atoms in total. The van der Waals surface area contributed by atoms with Crippen LogP contribution in [-0.4, -0.2) is 69.1 Å². The Bertz CT molecular complexity index is 713. The fourth-order valence-electron chi connectivity index (χ4n) is 3.31. The molecule has 3 rings (SSSR count). The number of halogens is 3. The van der Waals surface area contributed by atoms with Crippen molar-refractivity contribution in [1.82, 2.24) is 10.2 Å². The molecule has 2 amide bonds. The molecule has 0 bridgehead atoms. The minimum absolute atomic E-state index is 0.0397. The van der Waals surface area contributed by atoms with Crippen LogP contribution in [0.3, 0.4) is 0 Å². The van der Waals surface area contributed by atoms with E-state index in [1.54, 1.807) is 11.0 Å². The maximum atomic E-state index is 12.9. The third-order valence-corrected chi connectivity index (χ3v) is 5.03. The van der Waals surface area contributed by atoms with Gasteiger partial charge < -0.3 is 20.0 Å². The Morgan fingerprint density at radius 1 is 1.14 bits per heavy atom. The number of benzene rings is 1. The molecule has 0 radical (unpaired) electrons. The Morgan fingerprint density at radius 3 is 2.43 bits per heavy atom. The van der Waals surface area contributed by atoms with E-state index in [1.807, 2.05) is 11.9 Å². The van der Waals surface area contributed by atoms with Crippen molar-refractivity contribution in [2.45, 2.75) is 25.1 Å². The predicted octanol–water partition coefficient (Wildman–Crippen LogP) is 0.147. The number of quaternary nitrogens is 1. The van der Waals surface area contributed by atoms with Gasteiger partial charge in [0.1, 0.15) is 0 Å². The largest absolute Gasteiger partial charge is 0.416 e. The molecule has 0 spiro atoms. The number of nitrogens with zero attached hydrogens (tertiary/aromatic N) is 2. The van der Waals surface area contributed by atoms with Crippen LogP contribution in [0.5, 0.6) is 0 Å². The van der Waals surface area contributed by atoms with Gasteiger partial charge in [0.15, 0.2) is 13.1 Å². The highest BCUT2D eigenvalue weighted by atomic mass is 19.4. The first-order valence-electron chi connectivity index (χ1n) is 9.53. The number of carbonyl (C=O) groups is 2. The molecule has 1 aliphatic carbocycles. The van der Waals surface area contributed by atoms with Gasteiger partial charge in [-0.05, 0) is 31.0 Å². The summed E-state index contributed by atoms with van der Waals surface area (Å²) in [5, 5.41) is 2.91. The second kappa shape index (κ2) is 8.38. The molecule has 9 heteroatoms. The van der Waals surface area contributed by atoms with Crippen molar-refractivity contribution in [3.63, 3.8) is 0 Å². The number of amides is 2. The molecule has 1 heterocycles. The standard InChI is InChI=1S/C19H25F3N4O2/c1-24(12-17(27)23-15-5-6-15)13-18(28)26-9-7-25(8-10-26)16-4-2-3-14(11-16)19(20,21)22/h2-4,11,15H,5-10,12-13H2,1H3,(H,23,27)/p+1. The van der Waals surface area contributed by atoms with Crippen LogP contribution in [0.2, 0.25) is 0 Å². The van der Waals surface area contributed by atoms with E-state index in [9.17, 15) is 22.8 Å². The zero-order chi connectivity index (χ0) is 20.3. The lowest BCUT2D eigenvalue weighted by Crippen LogP contribution is -3.11. The van der Waals surface area contributed by atoms with Crippen LogP contribution in [0.25, 0.3) is 0 Å². The van der Waals surface area contributed by atoms with Gasteiger partial charge in [-0.15, -0.1) is 0 Å². The van der Waals surface area contributed by atoms with Crippen molar-refractivity contribution >= 4 is 17.5 Å². The molecule has 1 aliphatic heterocycles. The smallest absolute Gasteiger partial charge is 0.368 e. The molecule has 1 aromatic rings. The van der Waals surface area contributed by atoms with Crippen molar-refractivity contribution in [3.05, 3.63) is 29.8 Å². The lowest BCUT2D eigenvalue weighted by Gasteiger charge is -2.36. The summed E-state index contributed by atoms with van der Waals surface area (Å²) in [6, 6.07) is 5.57. The molecule has 154 valence electrons. The van der Waals surface area contributed by atoms with E-state index in [-0.39, 0.29) is 24.9 Å². The minimum atomic E-state index is -4.37. The summed E-state index contributed by atoms with van der Waals surface area (Å²) in [5.74, 6) is -0.0809. The van der Waals surface area contributed by atoms with Crippen molar-refractivity contribution in [2.24, 2.45) is 0 Å². The molecule has 1 unspecified atom stereocenters. The number of hydrogen-bond acceptors (Lipinski definition) is 3. The molecule has 2 N–H and O–H groups in total. The van der Waals surface area contributed by atoms with Crippen molar-refractivity contribution in [3.8, 4) is 0 Å². The van der Waals surface area contributed by atoms with E-state index in [2.05, 4.69) is 5.32 Å². The van der Waals surface area contributed by atoms with Gasteiger partial charge >= 0.3 is 6.18 Å². The van der Waals surface area contributed by atoms with E-state index >= 15 is 0 Å². The minimum Gasteiger partial charge on any atom is -0.368 e. The zero-order valence-electron chi connectivity index (χ0n) is 15.9. The Morgan fingerprint density at radius 2 is 1.82 bits per heavy atom. The number of anilines is 1. The third-order valence-electron chi connectivity index (χ3n) is 5.03. The van der Waals surface area contributed by atoms with Crippen LogP contribution in [0, 0.1) is 0 Å². The number of hydrogen-bond donors (Lipinski definition) is 2. The Balaban J connectivity index is 1.46. The van der Waals surface area contributed by atoms with E-state index in [0.29, 0.717) is 37.9 Å². The van der Waals surface area contributed by atoms with E-state index in [1.165, 1.54) is 6.07 Å². The quantitative estimate of drug-likeness (QED) is 0.716. The second-order valence-electron chi connectivity index (χ2n) is 7.57. The summed E-state index contributed by atoms with van der Waals surface area (Å²) in [4.78, 5) is 28.7. The summed E-state index contributed by atoms with van der Waals surface area (Å²) in [6.45, 7) is 2.35. The van der Waals surface area contributed by atoms with Crippen molar-refractivity contribution in [1.29, 1.82) is 0 Å². The van der Waals surface area contributed by atoms with E-state index in [4.69, 9.17) is 0 Å². The van der Waals surface area contributed by atoms with Crippen LogP contribution >= 0.6 is 0 Å². The first-order chi connectivity index (χ1) is 13.2. The SMILES string of the molecule is C[NH+](CC(=O)NC1CC1)CC(=O)N1CCN(c2cccc(C(F)(F)F)c2)CC1. The highest BCUT2D eigenvalue weighted by Gasteiger charge is 2.31. The molecule has 1 saturated carbocycles. The Hall–Kier alpha value is -2.29. The first-order valence-corrected chi connectivity index (χ1v) is 9.53. The highest BCUT2D eigenvalue weighted by Crippen LogP contribution is 2.31. The van der Waals surface area contributed by atoms with Gasteiger partial charge in [-0.25, -0.2) is 0 Å². The van der Waals surface area contributed by atoms with Crippen LogP contribution in [0.15, 0.2) is 24.3 Å². The van der Waals surface area contributed by atoms with Gasteiger partial charge in [-0.3, -0.25) is 9.59 Å². The van der Waals surface area contributed by atoms with Crippen molar-refractivity contribution in [2.75, 3.05) is 51.2 Å². The summed E-state index contributed by atoms with van der Waals surface area (Å²) >= 11 is 0. The fraction of sp³-hybridized carbons (Fsp3) is 0.579. The second-order valence-corrected chi connectivity index (χ2v) is 7.57. The molecular formula is C19H26F3N4O2+. The molecule has 2 fully saturated rings. The van der Waals surface area contributed by atoms with Gasteiger partial charge in [0.2, 0.25) is 0 Å². The molecule has 2 aliphatic rings. The summed E-state index contributed by atoms with van der Waals surface area (Å²) in [7, 11) is 1.81. The van der Waals surface area contributed by atoms with Gasteiger partial charge in [0, 0.05) is 37.9 Å². The predicted molar refractivity (Wildman–Crippen MR) is 98.0 cm³/mol. The van der Waals surface area contributed by atoms with E-state index in [0.717, 1.165) is 29.9 Å². The van der Waals surface area contributed by atoms with Crippen LogP contribution in [-0.2, 0) is 15.8 Å². The lowest BCUT2D eigenvalue weighted by molar-refractivity contribution is -0.863. The summed E-state index contributed by atoms with van der Waals surface area (Å²) in [6.07, 6.45) is -2.31. The van der Waals surface area contributed by atoms with Gasteiger partial charge in [-0.2, -0.15) is 13.2 Å². The number of rotatable bonds is 6. The number of nitrogens with one attached hydrogen (secondary N) is 2. The van der Waals surface area contributed by atoms with Crippen LogP contribution in [0.1, 0.15) is 18.4 Å². The molecule has 1 aromatic carbocycles. The van der Waals surface area contributed by atoms with Gasteiger partial charge in [-0.1, -0.05) is 6.07 Å². The average Bonchev–Trinajstić information content (AvgIpc) is 3.45. The third kappa shape index (κ3) is 5.60. The molecule has 1 saturated heterocycles. The topological polar surface area (TPSA) is 57.1 Å². The monoisotopic (exact) mass is 399 g/mol. The Labute approximate surface area is 162 Å². The maximum absolute atomic E-state index is 12.9. The van der Waals surface area contributed by atoms with Gasteiger partial charge in [0.05, 0.1) is 12.6 Å². The number of likely N-dealkylation sites (N-methyl/N-ethyl adjacent to an activating group) is 1. The normalized spacial score (nSPS) is 18.7. The molecule has 0 aromatic heterocycles. The summed E-state index contributed by atoms with van der Waals surface area (Å²) < 4.78 is 38.7. The first kappa shape index (κ1) is 20.4. The van der Waals surface area contributed by atoms with E-state index < -0.39 is 11.7 Å². The summed E-state index contributed by atoms with van der Waals surface area (Å²) in [5.41, 5.74) is -0.153.